The van der Waals surface area contributed by atoms with Gasteiger partial charge >= 0.3 is 0 Å². The van der Waals surface area contributed by atoms with Crippen LogP contribution in [-0.4, -0.2) is 63.3 Å². The molecule has 218 valence electrons. The van der Waals surface area contributed by atoms with E-state index >= 15 is 0 Å². The molecule has 0 radical (unpaired) electrons. The van der Waals surface area contributed by atoms with E-state index in [9.17, 15) is 51.1 Å². The summed E-state index contributed by atoms with van der Waals surface area (Å²) in [6.07, 6.45) is -5.43. The zero-order chi connectivity index (χ0) is 30.0. The molecule has 10 N–H and O–H groups in total. The van der Waals surface area contributed by atoms with E-state index in [4.69, 9.17) is 9.47 Å². The minimum atomic E-state index is -1.59. The van der Waals surface area contributed by atoms with E-state index in [1.165, 1.54) is 42.5 Å². The van der Waals surface area contributed by atoms with Gasteiger partial charge in [-0.2, -0.15) is 0 Å². The minimum Gasteiger partial charge on any atom is -0.508 e. The highest BCUT2D eigenvalue weighted by atomic mass is 16.5. The second-order valence-electron chi connectivity index (χ2n) is 10.3. The van der Waals surface area contributed by atoms with Gasteiger partial charge in [0.15, 0.2) is 29.1 Å². The molecule has 5 atom stereocenters. The molecule has 2 heterocycles. The third-order valence-corrected chi connectivity index (χ3v) is 7.67. The van der Waals surface area contributed by atoms with Gasteiger partial charge < -0.3 is 60.5 Å². The lowest BCUT2D eigenvalue weighted by Gasteiger charge is -2.40. The fourth-order valence-corrected chi connectivity index (χ4v) is 5.71. The summed E-state index contributed by atoms with van der Waals surface area (Å²) in [5.41, 5.74) is 0.435. The van der Waals surface area contributed by atoms with Crippen LogP contribution in [0, 0.1) is 0 Å². The van der Waals surface area contributed by atoms with Gasteiger partial charge in [-0.3, -0.25) is 0 Å². The molecule has 12 nitrogen and oxygen atoms in total. The summed E-state index contributed by atoms with van der Waals surface area (Å²) in [4.78, 5) is 0. The maximum Gasteiger partial charge on any atom is 0.157 e. The van der Waals surface area contributed by atoms with Gasteiger partial charge in [-0.15, -0.1) is 0 Å². The first kappa shape index (κ1) is 27.0. The van der Waals surface area contributed by atoms with Crippen molar-refractivity contribution in [1.82, 2.24) is 0 Å². The molecule has 42 heavy (non-hydrogen) atoms. The number of phenols is 8. The molecule has 0 aromatic heterocycles. The van der Waals surface area contributed by atoms with Crippen LogP contribution in [0.3, 0.4) is 0 Å². The second-order valence-corrected chi connectivity index (χ2v) is 10.3. The number of aliphatic hydroxyl groups is 2. The Balaban J connectivity index is 1.55. The van der Waals surface area contributed by atoms with Crippen LogP contribution >= 0.6 is 0 Å². The molecule has 0 saturated heterocycles. The van der Waals surface area contributed by atoms with E-state index in [1.54, 1.807) is 0 Å². The van der Waals surface area contributed by atoms with Crippen LogP contribution in [0.2, 0.25) is 0 Å². The molecule has 12 heteroatoms. The highest BCUT2D eigenvalue weighted by Crippen LogP contribution is 2.57. The van der Waals surface area contributed by atoms with Crippen molar-refractivity contribution in [1.29, 1.82) is 0 Å². The number of hydrogen-bond acceptors (Lipinski definition) is 12. The Labute approximate surface area is 237 Å². The first-order valence-electron chi connectivity index (χ1n) is 12.8. The van der Waals surface area contributed by atoms with E-state index < -0.39 is 70.6 Å². The van der Waals surface area contributed by atoms with Gasteiger partial charge in [0, 0.05) is 41.3 Å². The Hall–Kier alpha value is -5.20. The van der Waals surface area contributed by atoms with Gasteiger partial charge in [0.1, 0.15) is 46.7 Å². The van der Waals surface area contributed by atoms with Crippen molar-refractivity contribution < 1.29 is 60.5 Å². The third-order valence-electron chi connectivity index (χ3n) is 7.67. The van der Waals surface area contributed by atoms with Gasteiger partial charge in [-0.05, 0) is 35.4 Å². The lowest BCUT2D eigenvalue weighted by atomic mass is 9.77. The quantitative estimate of drug-likeness (QED) is 0.159. The summed E-state index contributed by atoms with van der Waals surface area (Å²) in [7, 11) is 0. The van der Waals surface area contributed by atoms with E-state index in [1.807, 2.05) is 0 Å². The highest BCUT2D eigenvalue weighted by Gasteiger charge is 2.46. The molecule has 0 unspecified atom stereocenters. The summed E-state index contributed by atoms with van der Waals surface area (Å²) in [5.74, 6) is -5.08. The fourth-order valence-electron chi connectivity index (χ4n) is 5.71. The first-order chi connectivity index (χ1) is 19.9. The molecule has 0 aliphatic carbocycles. The number of aromatic hydroxyl groups is 8. The Kier molecular flexibility index (Phi) is 6.24. The lowest BCUT2D eigenvalue weighted by Crippen LogP contribution is -2.36. The summed E-state index contributed by atoms with van der Waals surface area (Å²) in [6.45, 7) is 0. The Bertz CT molecular complexity index is 1720. The predicted molar refractivity (Wildman–Crippen MR) is 143 cm³/mol. The standard InChI is InChI=1S/C30H26O12/c31-13-7-20(37)24-23(8-13)41-29(12-2-4-16(33)19(36)6-12)27(40)26(24)25-21(38)10-17(34)14-9-22(39)28(42-30(14)25)11-1-3-15(32)18(35)5-11/h1-8,10,22,26-29,31-40H,9H2/t22-,26+,27-,28-,29+/m0/s1. The fraction of sp³-hybridized carbons (Fsp3) is 0.200. The Morgan fingerprint density at radius 1 is 0.548 bits per heavy atom. The van der Waals surface area contributed by atoms with E-state index in [0.717, 1.165) is 12.1 Å². The first-order valence-corrected chi connectivity index (χ1v) is 12.8. The van der Waals surface area contributed by atoms with Crippen molar-refractivity contribution in [2.75, 3.05) is 0 Å². The van der Waals surface area contributed by atoms with Crippen LogP contribution in [0.5, 0.6) is 57.5 Å². The van der Waals surface area contributed by atoms with Crippen LogP contribution in [-0.2, 0) is 6.42 Å². The molecule has 2 aliphatic heterocycles. The Morgan fingerprint density at radius 3 is 1.76 bits per heavy atom. The highest BCUT2D eigenvalue weighted by molar-refractivity contribution is 5.65. The van der Waals surface area contributed by atoms with Crippen molar-refractivity contribution in [2.45, 2.75) is 36.8 Å². The van der Waals surface area contributed by atoms with Crippen molar-refractivity contribution in [3.8, 4) is 57.5 Å². The molecule has 4 aromatic carbocycles. The number of phenolic OH excluding ortho intramolecular Hbond substituents is 8. The molecule has 0 bridgehead atoms. The van der Waals surface area contributed by atoms with Crippen LogP contribution in [0.25, 0.3) is 0 Å². The van der Waals surface area contributed by atoms with E-state index in [0.29, 0.717) is 0 Å². The molecule has 6 rings (SSSR count). The zero-order valence-electron chi connectivity index (χ0n) is 21.6. The van der Waals surface area contributed by atoms with Gasteiger partial charge in [0.05, 0.1) is 12.0 Å². The van der Waals surface area contributed by atoms with Gasteiger partial charge in [0.2, 0.25) is 0 Å². The number of ether oxygens (including phenoxy) is 2. The molecular formula is C30H26O12. The summed E-state index contributed by atoms with van der Waals surface area (Å²) in [5, 5.41) is 105. The number of hydrogen-bond donors (Lipinski definition) is 10. The van der Waals surface area contributed by atoms with Crippen molar-refractivity contribution >= 4 is 0 Å². The topological polar surface area (TPSA) is 221 Å². The summed E-state index contributed by atoms with van der Waals surface area (Å²) >= 11 is 0. The molecule has 2 aliphatic rings. The van der Waals surface area contributed by atoms with Crippen LogP contribution in [0.1, 0.15) is 45.9 Å². The molecule has 4 aromatic rings. The number of benzene rings is 4. The zero-order valence-corrected chi connectivity index (χ0v) is 21.6. The average molecular weight is 579 g/mol. The largest absolute Gasteiger partial charge is 0.508 e. The third kappa shape index (κ3) is 4.24. The van der Waals surface area contributed by atoms with Crippen molar-refractivity contribution in [2.24, 2.45) is 0 Å². The summed E-state index contributed by atoms with van der Waals surface area (Å²) < 4.78 is 12.1. The molecule has 0 fully saturated rings. The minimum absolute atomic E-state index is 0.0312. The van der Waals surface area contributed by atoms with Gasteiger partial charge in [-0.25, -0.2) is 0 Å². The van der Waals surface area contributed by atoms with Crippen molar-refractivity contribution in [3.05, 3.63) is 82.4 Å². The molecule has 0 spiro atoms. The maximum absolute atomic E-state index is 11.8. The normalized spacial score (nSPS) is 22.9. The summed E-state index contributed by atoms with van der Waals surface area (Å²) in [6, 6.07) is 10.8. The smallest absolute Gasteiger partial charge is 0.157 e. The van der Waals surface area contributed by atoms with Crippen LogP contribution in [0.15, 0.2) is 54.6 Å². The molecule has 0 saturated carbocycles. The number of rotatable bonds is 3. The predicted octanol–water partition coefficient (Wildman–Crippen LogP) is 3.00. The van der Waals surface area contributed by atoms with E-state index in [2.05, 4.69) is 0 Å². The second kappa shape index (κ2) is 9.72. The number of fused-ring (bicyclic) bond motifs is 2. The van der Waals surface area contributed by atoms with Gasteiger partial charge in [0.25, 0.3) is 0 Å². The van der Waals surface area contributed by atoms with E-state index in [-0.39, 0.29) is 51.5 Å². The number of aliphatic hydroxyl groups excluding tert-OH is 2. The van der Waals surface area contributed by atoms with Crippen molar-refractivity contribution in [3.63, 3.8) is 0 Å². The molecule has 0 amide bonds. The SMILES string of the molecule is Oc1cc(O)c2c(c1)O[C@H](c1ccc(O)c(O)c1)[C@@H](O)[C@H]2c1c(O)cc(O)c2c1O[C@@H](c1ccc(O)c(O)c1)[C@@H](O)C2. The van der Waals surface area contributed by atoms with Gasteiger partial charge in [-0.1, -0.05) is 12.1 Å². The van der Waals surface area contributed by atoms with Crippen LogP contribution < -0.4 is 9.47 Å². The molecular weight excluding hydrogens is 552 g/mol. The maximum atomic E-state index is 11.8. The monoisotopic (exact) mass is 578 g/mol. The van der Waals surface area contributed by atoms with Crippen LogP contribution in [0.4, 0.5) is 0 Å². The average Bonchev–Trinajstić information content (AvgIpc) is 2.93. The Morgan fingerprint density at radius 2 is 1.14 bits per heavy atom. The lowest BCUT2D eigenvalue weighted by molar-refractivity contribution is 0.00115.